The quantitative estimate of drug-likeness (QED) is 0.930. The molecule has 1 aliphatic carbocycles. The summed E-state index contributed by atoms with van der Waals surface area (Å²) in [4.78, 5) is 9.54. The number of fused-ring (bicyclic) bond motifs is 1. The van der Waals surface area contributed by atoms with Crippen LogP contribution in [0.25, 0.3) is 0 Å². The Labute approximate surface area is 140 Å². The molecule has 1 fully saturated rings. The largest absolute Gasteiger partial charge is 0.394 e. The molecule has 1 unspecified atom stereocenters. The highest BCUT2D eigenvalue weighted by molar-refractivity contribution is 5.48. The predicted octanol–water partition coefficient (Wildman–Crippen LogP) is 2.97. The Bertz CT molecular complexity index is 513. The van der Waals surface area contributed by atoms with E-state index in [1.165, 1.54) is 44.2 Å². The van der Waals surface area contributed by atoms with Crippen molar-refractivity contribution >= 4 is 5.82 Å². The summed E-state index contributed by atoms with van der Waals surface area (Å²) in [5, 5.41) is 9.79. The minimum Gasteiger partial charge on any atom is -0.394 e. The van der Waals surface area contributed by atoms with E-state index >= 15 is 0 Å². The summed E-state index contributed by atoms with van der Waals surface area (Å²) in [5.41, 5.74) is 2.35. The van der Waals surface area contributed by atoms with Gasteiger partial charge in [-0.05, 0) is 38.2 Å². The molecule has 1 aromatic rings. The average Bonchev–Trinajstić information content (AvgIpc) is 2.56. The normalized spacial score (nSPS) is 24.1. The van der Waals surface area contributed by atoms with Gasteiger partial charge in [0, 0.05) is 37.9 Å². The van der Waals surface area contributed by atoms with E-state index in [1.807, 2.05) is 6.92 Å². The molecule has 0 radical (unpaired) electrons. The van der Waals surface area contributed by atoms with Crippen molar-refractivity contribution in [2.45, 2.75) is 58.0 Å². The molecule has 0 bridgehead atoms. The van der Waals surface area contributed by atoms with Crippen LogP contribution in [-0.4, -0.2) is 47.8 Å². The summed E-state index contributed by atoms with van der Waals surface area (Å²) < 4.78 is 0. The van der Waals surface area contributed by atoms with Crippen LogP contribution in [-0.2, 0) is 6.54 Å². The fraction of sp³-hybridized carbons (Fsp3) is 0.737. The van der Waals surface area contributed by atoms with E-state index in [2.05, 4.69) is 29.0 Å². The fourth-order valence-electron chi connectivity index (χ4n) is 4.12. The maximum absolute atomic E-state index is 9.79. The van der Waals surface area contributed by atoms with Crippen molar-refractivity contribution in [2.75, 3.05) is 31.6 Å². The van der Waals surface area contributed by atoms with E-state index in [0.29, 0.717) is 0 Å². The third-order valence-corrected chi connectivity index (χ3v) is 5.60. The van der Waals surface area contributed by atoms with Crippen molar-refractivity contribution in [1.82, 2.24) is 9.88 Å². The standard InChI is InChI=1S/C19H31N3O/c1-15-8-9-17-13-22(12-16-6-4-3-5-7-16)11-10-18(14-23)21(2)19(17)20-15/h8-9,16,18,23H,3-7,10-14H2,1-2H3. The molecule has 3 rings (SSSR count). The summed E-state index contributed by atoms with van der Waals surface area (Å²) in [5.74, 6) is 1.91. The maximum atomic E-state index is 9.79. The zero-order chi connectivity index (χ0) is 16.2. The van der Waals surface area contributed by atoms with E-state index in [4.69, 9.17) is 4.98 Å². The van der Waals surface area contributed by atoms with Crippen LogP contribution in [0, 0.1) is 12.8 Å². The van der Waals surface area contributed by atoms with E-state index in [0.717, 1.165) is 36.9 Å². The summed E-state index contributed by atoms with van der Waals surface area (Å²) in [7, 11) is 2.07. The van der Waals surface area contributed by atoms with Gasteiger partial charge >= 0.3 is 0 Å². The van der Waals surface area contributed by atoms with Crippen molar-refractivity contribution in [2.24, 2.45) is 5.92 Å². The van der Waals surface area contributed by atoms with E-state index < -0.39 is 0 Å². The zero-order valence-electron chi connectivity index (χ0n) is 14.7. The number of rotatable bonds is 3. The molecule has 2 heterocycles. The molecule has 0 saturated heterocycles. The summed E-state index contributed by atoms with van der Waals surface area (Å²) >= 11 is 0. The highest BCUT2D eigenvalue weighted by atomic mass is 16.3. The van der Waals surface area contributed by atoms with Crippen LogP contribution in [0.2, 0.25) is 0 Å². The highest BCUT2D eigenvalue weighted by Crippen LogP contribution is 2.28. The molecule has 0 amide bonds. The first-order valence-corrected chi connectivity index (χ1v) is 9.20. The lowest BCUT2D eigenvalue weighted by molar-refractivity contribution is 0.172. The third-order valence-electron chi connectivity index (χ3n) is 5.60. The van der Waals surface area contributed by atoms with E-state index in [-0.39, 0.29) is 12.6 Å². The second kappa shape index (κ2) is 7.63. The van der Waals surface area contributed by atoms with Gasteiger partial charge in [-0.25, -0.2) is 4.98 Å². The molecule has 0 aromatic carbocycles. The Morgan fingerprint density at radius 1 is 1.17 bits per heavy atom. The Hall–Kier alpha value is -1.13. The first-order chi connectivity index (χ1) is 11.2. The predicted molar refractivity (Wildman–Crippen MR) is 94.7 cm³/mol. The van der Waals surface area contributed by atoms with Crippen molar-refractivity contribution in [1.29, 1.82) is 0 Å². The molecule has 2 aliphatic rings. The summed E-state index contributed by atoms with van der Waals surface area (Å²) in [6.45, 7) is 5.50. The first kappa shape index (κ1) is 16.7. The van der Waals surface area contributed by atoms with Gasteiger partial charge in [0.1, 0.15) is 5.82 Å². The molecule has 0 spiro atoms. The Morgan fingerprint density at radius 2 is 1.96 bits per heavy atom. The van der Waals surface area contributed by atoms with Gasteiger partial charge in [-0.15, -0.1) is 0 Å². The third kappa shape index (κ3) is 4.04. The van der Waals surface area contributed by atoms with Crippen LogP contribution in [0.5, 0.6) is 0 Å². The van der Waals surface area contributed by atoms with Gasteiger partial charge in [-0.3, -0.25) is 4.90 Å². The second-order valence-electron chi connectivity index (χ2n) is 7.41. The van der Waals surface area contributed by atoms with Gasteiger partial charge in [0.15, 0.2) is 0 Å². The molecule has 23 heavy (non-hydrogen) atoms. The van der Waals surface area contributed by atoms with Crippen molar-refractivity contribution in [3.63, 3.8) is 0 Å². The molecule has 1 saturated carbocycles. The number of aliphatic hydroxyl groups is 1. The lowest BCUT2D eigenvalue weighted by Crippen LogP contribution is -2.43. The summed E-state index contributed by atoms with van der Waals surface area (Å²) in [6.07, 6.45) is 8.00. The number of aliphatic hydroxyl groups excluding tert-OH is 1. The van der Waals surface area contributed by atoms with Crippen molar-refractivity contribution < 1.29 is 5.11 Å². The van der Waals surface area contributed by atoms with E-state index in [1.54, 1.807) is 0 Å². The second-order valence-corrected chi connectivity index (χ2v) is 7.41. The first-order valence-electron chi connectivity index (χ1n) is 9.20. The fourth-order valence-corrected chi connectivity index (χ4v) is 4.12. The van der Waals surface area contributed by atoms with Gasteiger partial charge in [0.25, 0.3) is 0 Å². The van der Waals surface area contributed by atoms with Gasteiger partial charge < -0.3 is 10.0 Å². The number of hydrogen-bond donors (Lipinski definition) is 1. The Morgan fingerprint density at radius 3 is 2.70 bits per heavy atom. The monoisotopic (exact) mass is 317 g/mol. The molecule has 1 aliphatic heterocycles. The number of anilines is 1. The average molecular weight is 317 g/mol. The number of nitrogens with zero attached hydrogens (tertiary/aromatic N) is 3. The zero-order valence-corrected chi connectivity index (χ0v) is 14.7. The van der Waals surface area contributed by atoms with Gasteiger partial charge in [-0.1, -0.05) is 25.3 Å². The van der Waals surface area contributed by atoms with Crippen LogP contribution in [0.4, 0.5) is 5.82 Å². The highest BCUT2D eigenvalue weighted by Gasteiger charge is 2.25. The number of aryl methyl sites for hydroxylation is 1. The molecule has 1 aromatic heterocycles. The molecular weight excluding hydrogens is 286 g/mol. The Balaban J connectivity index is 1.79. The van der Waals surface area contributed by atoms with Gasteiger partial charge in [-0.2, -0.15) is 0 Å². The van der Waals surface area contributed by atoms with E-state index in [9.17, 15) is 5.11 Å². The summed E-state index contributed by atoms with van der Waals surface area (Å²) in [6, 6.07) is 4.50. The Kier molecular flexibility index (Phi) is 5.54. The smallest absolute Gasteiger partial charge is 0.133 e. The number of likely N-dealkylation sites (N-methyl/N-ethyl adjacent to an activating group) is 1. The van der Waals surface area contributed by atoms with Crippen molar-refractivity contribution in [3.8, 4) is 0 Å². The molecule has 128 valence electrons. The number of pyridine rings is 1. The van der Waals surface area contributed by atoms with Crippen LogP contribution in [0.1, 0.15) is 49.8 Å². The minimum absolute atomic E-state index is 0.164. The van der Waals surface area contributed by atoms with Crippen LogP contribution >= 0.6 is 0 Å². The molecule has 1 atom stereocenters. The maximum Gasteiger partial charge on any atom is 0.133 e. The SMILES string of the molecule is Cc1ccc2c(n1)N(C)C(CO)CCN(CC1CCCCC1)C2. The van der Waals surface area contributed by atoms with Crippen LogP contribution in [0.15, 0.2) is 12.1 Å². The number of aromatic nitrogens is 1. The lowest BCUT2D eigenvalue weighted by Gasteiger charge is -2.37. The van der Waals surface area contributed by atoms with Crippen molar-refractivity contribution in [3.05, 3.63) is 23.4 Å². The lowest BCUT2D eigenvalue weighted by atomic mass is 9.88. The van der Waals surface area contributed by atoms with Gasteiger partial charge in [0.2, 0.25) is 0 Å². The molecule has 4 nitrogen and oxygen atoms in total. The minimum atomic E-state index is 0.164. The number of hydrogen-bond acceptors (Lipinski definition) is 4. The molecule has 4 heteroatoms. The molecular formula is C19H31N3O. The topological polar surface area (TPSA) is 39.6 Å². The molecule has 1 N–H and O–H groups in total. The van der Waals surface area contributed by atoms with Gasteiger partial charge in [0.05, 0.1) is 12.6 Å². The van der Waals surface area contributed by atoms with Crippen LogP contribution < -0.4 is 4.90 Å². The van der Waals surface area contributed by atoms with Crippen LogP contribution in [0.3, 0.4) is 0 Å².